The molecule has 0 aromatic carbocycles. The number of carbonyl (C=O) groups is 3. The Balaban J connectivity index is 2.32. The molecule has 0 bridgehead atoms. The summed E-state index contributed by atoms with van der Waals surface area (Å²) < 4.78 is 0. The predicted octanol–water partition coefficient (Wildman–Crippen LogP) is 0.321. The van der Waals surface area contributed by atoms with Gasteiger partial charge >= 0.3 is 5.97 Å². The van der Waals surface area contributed by atoms with Gasteiger partial charge in [0.05, 0.1) is 11.3 Å². The molecular formula is C11H15N3O4S2. The number of hydrogen-bond donors (Lipinski definition) is 4. The molecule has 0 saturated carbocycles. The maximum atomic E-state index is 11.6. The highest BCUT2D eigenvalue weighted by Gasteiger charge is 2.13. The molecule has 0 spiro atoms. The fraction of sp³-hybridized carbons (Fsp3) is 0.364. The average molecular weight is 317 g/mol. The van der Waals surface area contributed by atoms with E-state index in [9.17, 15) is 14.4 Å². The second-order valence-electron chi connectivity index (χ2n) is 3.86. The smallest absolute Gasteiger partial charge is 0.320 e. The van der Waals surface area contributed by atoms with Crippen molar-refractivity contribution in [3.05, 3.63) is 17.0 Å². The summed E-state index contributed by atoms with van der Waals surface area (Å²) in [6, 6.07) is 0.631. The molecule has 9 heteroatoms. The minimum Gasteiger partial charge on any atom is -0.480 e. The minimum atomic E-state index is -1.06. The molecule has 110 valence electrons. The van der Waals surface area contributed by atoms with Crippen molar-refractivity contribution < 1.29 is 19.5 Å². The molecule has 1 aromatic rings. The van der Waals surface area contributed by atoms with Crippen LogP contribution in [0.1, 0.15) is 16.8 Å². The molecule has 1 atom stereocenters. The first kappa shape index (κ1) is 16.5. The second-order valence-corrected chi connectivity index (χ2v) is 5.88. The van der Waals surface area contributed by atoms with E-state index < -0.39 is 17.9 Å². The normalized spacial score (nSPS) is 11.8. The summed E-state index contributed by atoms with van der Waals surface area (Å²) >= 11 is 2.49. The van der Waals surface area contributed by atoms with Crippen LogP contribution in [0.15, 0.2) is 11.4 Å². The first-order valence-corrected chi connectivity index (χ1v) is 7.68. The van der Waals surface area contributed by atoms with Gasteiger partial charge in [-0.05, 0) is 23.6 Å². The van der Waals surface area contributed by atoms with Crippen molar-refractivity contribution in [1.82, 2.24) is 0 Å². The Hall–Kier alpha value is -1.58. The van der Waals surface area contributed by atoms with E-state index >= 15 is 0 Å². The van der Waals surface area contributed by atoms with Crippen LogP contribution in [0.4, 0.5) is 5.00 Å². The van der Waals surface area contributed by atoms with Crippen LogP contribution in [-0.4, -0.2) is 40.4 Å². The van der Waals surface area contributed by atoms with Gasteiger partial charge in [-0.25, -0.2) is 0 Å². The molecule has 1 heterocycles. The fourth-order valence-corrected chi connectivity index (χ4v) is 2.89. The third-order valence-corrected chi connectivity index (χ3v) is 4.13. The summed E-state index contributed by atoms with van der Waals surface area (Å²) in [6.45, 7) is 0. The van der Waals surface area contributed by atoms with Gasteiger partial charge in [-0.3, -0.25) is 14.4 Å². The summed E-state index contributed by atoms with van der Waals surface area (Å²) in [7, 11) is 0. The number of nitrogens with one attached hydrogen (secondary N) is 1. The Morgan fingerprint density at radius 1 is 1.45 bits per heavy atom. The SMILES string of the molecule is NC(=O)c1ccsc1NC(=O)CSCCC(N)C(=O)O. The third-order valence-electron chi connectivity index (χ3n) is 2.31. The van der Waals surface area contributed by atoms with E-state index in [1.807, 2.05) is 0 Å². The average Bonchev–Trinajstić information content (AvgIpc) is 2.82. The molecule has 1 aromatic heterocycles. The zero-order chi connectivity index (χ0) is 15.1. The number of carboxylic acid groups (broad SMARTS) is 1. The van der Waals surface area contributed by atoms with Gasteiger partial charge in [-0.1, -0.05) is 0 Å². The van der Waals surface area contributed by atoms with E-state index in [2.05, 4.69) is 5.32 Å². The molecule has 0 radical (unpaired) electrons. The van der Waals surface area contributed by atoms with Gasteiger partial charge in [-0.15, -0.1) is 11.3 Å². The van der Waals surface area contributed by atoms with Crippen LogP contribution in [0.3, 0.4) is 0 Å². The molecule has 2 amide bonds. The van der Waals surface area contributed by atoms with E-state index in [0.29, 0.717) is 17.2 Å². The van der Waals surface area contributed by atoms with Gasteiger partial charge in [0.2, 0.25) is 5.91 Å². The fourth-order valence-electron chi connectivity index (χ4n) is 1.26. The van der Waals surface area contributed by atoms with Crippen LogP contribution in [-0.2, 0) is 9.59 Å². The predicted molar refractivity (Wildman–Crippen MR) is 79.0 cm³/mol. The first-order valence-electron chi connectivity index (χ1n) is 5.65. The van der Waals surface area contributed by atoms with Crippen LogP contribution in [0, 0.1) is 0 Å². The van der Waals surface area contributed by atoms with Crippen molar-refractivity contribution >= 4 is 45.9 Å². The lowest BCUT2D eigenvalue weighted by atomic mass is 10.2. The van der Waals surface area contributed by atoms with Crippen LogP contribution in [0.25, 0.3) is 0 Å². The van der Waals surface area contributed by atoms with Gasteiger partial charge in [0.1, 0.15) is 11.0 Å². The standard InChI is InChI=1S/C11H15N3O4S2/c12-7(11(17)18)2-3-19-5-8(15)14-10-6(9(13)16)1-4-20-10/h1,4,7H,2-3,5,12H2,(H2,13,16)(H,14,15)(H,17,18). The number of primary amides is 1. The third kappa shape index (κ3) is 5.19. The molecule has 1 unspecified atom stereocenters. The summed E-state index contributed by atoms with van der Waals surface area (Å²) in [5, 5.41) is 13.3. The molecule has 20 heavy (non-hydrogen) atoms. The number of amides is 2. The number of hydrogen-bond acceptors (Lipinski definition) is 6. The lowest BCUT2D eigenvalue weighted by Gasteiger charge is -2.06. The van der Waals surface area contributed by atoms with Crippen LogP contribution < -0.4 is 16.8 Å². The molecule has 0 fully saturated rings. The quantitative estimate of drug-likeness (QED) is 0.510. The zero-order valence-electron chi connectivity index (χ0n) is 10.5. The molecule has 0 aliphatic rings. The molecule has 0 aliphatic carbocycles. The molecular weight excluding hydrogens is 302 g/mol. The van der Waals surface area contributed by atoms with Crippen molar-refractivity contribution in [1.29, 1.82) is 0 Å². The number of carboxylic acids is 1. The van der Waals surface area contributed by atoms with Crippen molar-refractivity contribution in [2.45, 2.75) is 12.5 Å². The highest BCUT2D eigenvalue weighted by molar-refractivity contribution is 7.99. The van der Waals surface area contributed by atoms with E-state index in [0.717, 1.165) is 0 Å². The second kappa shape index (κ2) is 7.88. The Kier molecular flexibility index (Phi) is 6.49. The highest BCUT2D eigenvalue weighted by atomic mass is 32.2. The molecule has 6 N–H and O–H groups in total. The largest absolute Gasteiger partial charge is 0.480 e. The number of anilines is 1. The lowest BCUT2D eigenvalue weighted by molar-refractivity contribution is -0.138. The maximum absolute atomic E-state index is 11.6. The summed E-state index contributed by atoms with van der Waals surface area (Å²) in [6.07, 6.45) is 0.290. The minimum absolute atomic E-state index is 0.155. The van der Waals surface area contributed by atoms with E-state index in [1.165, 1.54) is 23.1 Å². The first-order chi connectivity index (χ1) is 9.41. The van der Waals surface area contributed by atoms with E-state index in [4.69, 9.17) is 16.6 Å². The van der Waals surface area contributed by atoms with Gasteiger partial charge in [-0.2, -0.15) is 11.8 Å². The Morgan fingerprint density at radius 3 is 2.75 bits per heavy atom. The number of carbonyl (C=O) groups excluding carboxylic acids is 2. The zero-order valence-corrected chi connectivity index (χ0v) is 12.1. The van der Waals surface area contributed by atoms with Gasteiger partial charge in [0, 0.05) is 0 Å². The number of rotatable bonds is 8. The Labute approximate surface area is 123 Å². The highest BCUT2D eigenvalue weighted by Crippen LogP contribution is 2.22. The topological polar surface area (TPSA) is 136 Å². The summed E-state index contributed by atoms with van der Waals surface area (Å²) in [5.74, 6) is -1.30. The monoisotopic (exact) mass is 317 g/mol. The van der Waals surface area contributed by atoms with Crippen LogP contribution >= 0.6 is 23.1 Å². The number of aliphatic carboxylic acids is 1. The summed E-state index contributed by atoms with van der Waals surface area (Å²) in [4.78, 5) is 33.2. The van der Waals surface area contributed by atoms with Gasteiger partial charge < -0.3 is 21.9 Å². The van der Waals surface area contributed by atoms with Crippen LogP contribution in [0.2, 0.25) is 0 Å². The molecule has 0 aliphatic heterocycles. The van der Waals surface area contributed by atoms with E-state index in [1.54, 1.807) is 11.4 Å². The Morgan fingerprint density at radius 2 is 2.15 bits per heavy atom. The molecule has 7 nitrogen and oxygen atoms in total. The maximum Gasteiger partial charge on any atom is 0.320 e. The number of nitrogens with two attached hydrogens (primary N) is 2. The van der Waals surface area contributed by atoms with Crippen molar-refractivity contribution in [3.8, 4) is 0 Å². The number of thioether (sulfide) groups is 1. The number of thiophene rings is 1. The molecule has 0 saturated heterocycles. The van der Waals surface area contributed by atoms with E-state index in [-0.39, 0.29) is 17.2 Å². The van der Waals surface area contributed by atoms with Crippen molar-refractivity contribution in [2.75, 3.05) is 16.8 Å². The van der Waals surface area contributed by atoms with Crippen molar-refractivity contribution in [2.24, 2.45) is 11.5 Å². The molecule has 1 rings (SSSR count). The van der Waals surface area contributed by atoms with Crippen LogP contribution in [0.5, 0.6) is 0 Å². The van der Waals surface area contributed by atoms with Gasteiger partial charge in [0.25, 0.3) is 5.91 Å². The van der Waals surface area contributed by atoms with Gasteiger partial charge in [0.15, 0.2) is 0 Å². The summed E-state index contributed by atoms with van der Waals surface area (Å²) in [5.41, 5.74) is 10.8. The van der Waals surface area contributed by atoms with Crippen molar-refractivity contribution in [3.63, 3.8) is 0 Å². The Bertz CT molecular complexity index is 504. The lowest BCUT2D eigenvalue weighted by Crippen LogP contribution is -2.30.